The first-order valence-electron chi connectivity index (χ1n) is 10.7. The second-order valence-electron chi connectivity index (χ2n) is 8.02. The Kier molecular flexibility index (Phi) is 6.24. The zero-order chi connectivity index (χ0) is 24.3. The number of amidine groups is 1. The number of halogens is 3. The fourth-order valence-electron chi connectivity index (χ4n) is 3.74. The monoisotopic (exact) mass is 465 g/mol. The molecular weight excluding hydrogens is 443 g/mol. The predicted molar refractivity (Wildman–Crippen MR) is 122 cm³/mol. The summed E-state index contributed by atoms with van der Waals surface area (Å²) >= 11 is 0. The lowest BCUT2D eigenvalue weighted by molar-refractivity contribution is -0.196. The number of amides is 2. The molecule has 0 spiro atoms. The van der Waals surface area contributed by atoms with Crippen LogP contribution in [0.4, 0.5) is 13.2 Å². The molecular formula is C26H22F3N3O2. The number of carbonyl (C=O) groups is 2. The van der Waals surface area contributed by atoms with Gasteiger partial charge in [0.25, 0.3) is 11.8 Å². The molecule has 2 amide bonds. The summed E-state index contributed by atoms with van der Waals surface area (Å²) in [4.78, 5) is 31.0. The third-order valence-electron chi connectivity index (χ3n) is 5.60. The van der Waals surface area contributed by atoms with E-state index in [0.717, 1.165) is 16.0 Å². The third kappa shape index (κ3) is 4.44. The van der Waals surface area contributed by atoms with E-state index in [2.05, 4.69) is 4.99 Å². The molecule has 1 atom stereocenters. The first kappa shape index (κ1) is 23.2. The van der Waals surface area contributed by atoms with Gasteiger partial charge in [-0.3, -0.25) is 14.5 Å². The summed E-state index contributed by atoms with van der Waals surface area (Å²) in [6.45, 7) is 1.76. The number of rotatable bonds is 6. The summed E-state index contributed by atoms with van der Waals surface area (Å²) < 4.78 is 43.4. The second kappa shape index (κ2) is 9.13. The Labute approximate surface area is 194 Å². The van der Waals surface area contributed by atoms with Gasteiger partial charge in [0.2, 0.25) is 0 Å². The molecule has 4 rings (SSSR count). The molecule has 0 radical (unpaired) electrons. The largest absolute Gasteiger partial charge is 0.442 e. The Hall–Kier alpha value is -3.94. The lowest BCUT2D eigenvalue weighted by Crippen LogP contribution is -2.63. The summed E-state index contributed by atoms with van der Waals surface area (Å²) in [6, 6.07) is 23.3. The van der Waals surface area contributed by atoms with Gasteiger partial charge in [-0.15, -0.1) is 0 Å². The average molecular weight is 465 g/mol. The Morgan fingerprint density at radius 3 is 2.12 bits per heavy atom. The van der Waals surface area contributed by atoms with E-state index in [1.165, 1.54) is 12.1 Å². The van der Waals surface area contributed by atoms with Crippen LogP contribution >= 0.6 is 0 Å². The van der Waals surface area contributed by atoms with Crippen molar-refractivity contribution in [1.29, 1.82) is 0 Å². The molecule has 0 aliphatic carbocycles. The molecule has 1 heterocycles. The predicted octanol–water partition coefficient (Wildman–Crippen LogP) is 4.52. The fraction of sp³-hybridized carbons (Fsp3) is 0.192. The highest BCUT2D eigenvalue weighted by Gasteiger charge is 2.67. The minimum atomic E-state index is -5.16. The Morgan fingerprint density at radius 1 is 0.941 bits per heavy atom. The average Bonchev–Trinajstić information content (AvgIpc) is 3.12. The zero-order valence-electron chi connectivity index (χ0n) is 18.3. The van der Waals surface area contributed by atoms with E-state index in [4.69, 9.17) is 0 Å². The number of hydrogen-bond acceptors (Lipinski definition) is 3. The highest BCUT2D eigenvalue weighted by molar-refractivity contribution is 6.16. The van der Waals surface area contributed by atoms with Crippen molar-refractivity contribution in [2.24, 2.45) is 4.99 Å². The molecule has 1 aliphatic rings. The van der Waals surface area contributed by atoms with E-state index < -0.39 is 23.7 Å². The summed E-state index contributed by atoms with van der Waals surface area (Å²) in [7, 11) is 0. The lowest BCUT2D eigenvalue weighted by Gasteiger charge is -2.29. The van der Waals surface area contributed by atoms with Crippen molar-refractivity contribution >= 4 is 17.6 Å². The lowest BCUT2D eigenvalue weighted by atomic mass is 10.1. The van der Waals surface area contributed by atoms with Crippen LogP contribution in [-0.2, 0) is 11.2 Å². The molecule has 8 heteroatoms. The number of aliphatic imine (C=N–C) groups is 1. The van der Waals surface area contributed by atoms with E-state index in [1.54, 1.807) is 49.4 Å². The van der Waals surface area contributed by atoms with Gasteiger partial charge in [0.15, 0.2) is 0 Å². The number of nitrogens with zero attached hydrogens (tertiary/aromatic N) is 2. The number of nitrogens with one attached hydrogen (secondary N) is 1. The van der Waals surface area contributed by atoms with Gasteiger partial charge in [-0.05, 0) is 31.0 Å². The van der Waals surface area contributed by atoms with Gasteiger partial charge in [0.1, 0.15) is 5.84 Å². The third-order valence-corrected chi connectivity index (χ3v) is 5.60. The van der Waals surface area contributed by atoms with Crippen LogP contribution in [0.2, 0.25) is 0 Å². The van der Waals surface area contributed by atoms with Crippen molar-refractivity contribution in [2.45, 2.75) is 25.2 Å². The summed E-state index contributed by atoms with van der Waals surface area (Å²) in [5.41, 5.74) is -1.37. The highest BCUT2D eigenvalue weighted by atomic mass is 19.4. The van der Waals surface area contributed by atoms with Crippen LogP contribution < -0.4 is 5.32 Å². The molecule has 3 aromatic rings. The van der Waals surface area contributed by atoms with Crippen LogP contribution in [0.3, 0.4) is 0 Å². The normalized spacial score (nSPS) is 18.1. The Bertz CT molecular complexity index is 1210. The standard InChI is InChI=1S/C26H22F3N3O2/c1-18-12-14-21(15-13-18)23(33)31-25(26(27,28)29)24(34)32(17-16-19-8-4-2-5-9-19)22(30-25)20-10-6-3-7-11-20/h2-15H,16-17H2,1H3,(H,31,33)/t25-/m1/s1. The highest BCUT2D eigenvalue weighted by Crippen LogP contribution is 2.38. The van der Waals surface area contributed by atoms with Gasteiger partial charge in [0.05, 0.1) is 0 Å². The number of alkyl halides is 3. The van der Waals surface area contributed by atoms with Crippen LogP contribution in [-0.4, -0.2) is 40.9 Å². The maximum Gasteiger partial charge on any atom is 0.442 e. The zero-order valence-corrected chi connectivity index (χ0v) is 18.3. The first-order chi connectivity index (χ1) is 16.2. The number of hydrogen-bond donors (Lipinski definition) is 1. The van der Waals surface area contributed by atoms with E-state index >= 15 is 0 Å². The van der Waals surface area contributed by atoms with Crippen molar-refractivity contribution in [3.8, 4) is 0 Å². The Balaban J connectivity index is 1.74. The van der Waals surface area contributed by atoms with Crippen LogP contribution in [0.15, 0.2) is 89.9 Å². The molecule has 1 aliphatic heterocycles. The van der Waals surface area contributed by atoms with Crippen molar-refractivity contribution in [1.82, 2.24) is 10.2 Å². The molecule has 0 aromatic heterocycles. The van der Waals surface area contributed by atoms with Crippen LogP contribution in [0.1, 0.15) is 27.0 Å². The number of aryl methyl sites for hydroxylation is 1. The molecule has 34 heavy (non-hydrogen) atoms. The molecule has 0 bridgehead atoms. The molecule has 0 unspecified atom stereocenters. The summed E-state index contributed by atoms with van der Waals surface area (Å²) in [6.07, 6.45) is -4.84. The number of benzene rings is 3. The van der Waals surface area contributed by atoms with Crippen LogP contribution in [0, 0.1) is 6.92 Å². The van der Waals surface area contributed by atoms with Gasteiger partial charge in [-0.2, -0.15) is 13.2 Å². The summed E-state index contributed by atoms with van der Waals surface area (Å²) in [5.74, 6) is -2.51. The SMILES string of the molecule is Cc1ccc(C(=O)N[C@]2(C(F)(F)F)N=C(c3ccccc3)N(CCc3ccccc3)C2=O)cc1. The minimum Gasteiger partial charge on any atom is -0.312 e. The molecule has 1 N–H and O–H groups in total. The second-order valence-corrected chi connectivity index (χ2v) is 8.02. The van der Waals surface area contributed by atoms with E-state index in [1.807, 2.05) is 35.6 Å². The van der Waals surface area contributed by atoms with Gasteiger partial charge in [-0.25, -0.2) is 4.99 Å². The molecule has 0 fully saturated rings. The van der Waals surface area contributed by atoms with E-state index in [9.17, 15) is 22.8 Å². The topological polar surface area (TPSA) is 61.8 Å². The number of carbonyl (C=O) groups excluding carboxylic acids is 2. The van der Waals surface area contributed by atoms with Crippen molar-refractivity contribution in [2.75, 3.05) is 6.54 Å². The fourth-order valence-corrected chi connectivity index (χ4v) is 3.74. The van der Waals surface area contributed by atoms with Gasteiger partial charge in [0, 0.05) is 17.7 Å². The minimum absolute atomic E-state index is 0.00113. The maximum atomic E-state index is 14.5. The van der Waals surface area contributed by atoms with Crippen LogP contribution in [0.5, 0.6) is 0 Å². The summed E-state index contributed by atoms with van der Waals surface area (Å²) in [5, 5.41) is 1.90. The smallest absolute Gasteiger partial charge is 0.312 e. The molecule has 5 nitrogen and oxygen atoms in total. The van der Waals surface area contributed by atoms with Crippen molar-refractivity contribution in [3.05, 3.63) is 107 Å². The first-order valence-corrected chi connectivity index (χ1v) is 10.7. The van der Waals surface area contributed by atoms with Gasteiger partial charge >= 0.3 is 11.8 Å². The quantitative estimate of drug-likeness (QED) is 0.582. The van der Waals surface area contributed by atoms with Crippen LogP contribution in [0.25, 0.3) is 0 Å². The van der Waals surface area contributed by atoms with E-state index in [-0.39, 0.29) is 17.9 Å². The maximum absolute atomic E-state index is 14.5. The Morgan fingerprint density at radius 2 is 1.53 bits per heavy atom. The van der Waals surface area contributed by atoms with Crippen molar-refractivity contribution in [3.63, 3.8) is 0 Å². The van der Waals surface area contributed by atoms with Crippen molar-refractivity contribution < 1.29 is 22.8 Å². The van der Waals surface area contributed by atoms with Gasteiger partial charge in [-0.1, -0.05) is 78.4 Å². The molecule has 0 saturated heterocycles. The molecule has 0 saturated carbocycles. The van der Waals surface area contributed by atoms with E-state index in [0.29, 0.717) is 12.0 Å². The van der Waals surface area contributed by atoms with Gasteiger partial charge < -0.3 is 5.32 Å². The molecule has 3 aromatic carbocycles. The molecule has 174 valence electrons.